The number of benzene rings is 2. The standard InChI is InChI=1S/C25H22FN5O2S/c1-15-11-18-22(33-2)8-7-19(26)24(18)31(15)10-9-27-23-12-20(28-14-29-23)16-3-5-17(6-4-16)21-13-34-25(32)30-21/h3-8,11-14H,9-10H2,1-2H3,(H,30,32)(H,27,28,29). The lowest BCUT2D eigenvalue weighted by atomic mass is 10.1. The lowest BCUT2D eigenvalue weighted by molar-refractivity contribution is 0.419. The van der Waals surface area contributed by atoms with Crippen LogP contribution >= 0.6 is 11.3 Å². The molecule has 0 aliphatic rings. The van der Waals surface area contributed by atoms with Crippen molar-refractivity contribution < 1.29 is 9.13 Å². The molecule has 2 N–H and O–H groups in total. The summed E-state index contributed by atoms with van der Waals surface area (Å²) in [5, 5.41) is 5.88. The lowest BCUT2D eigenvalue weighted by Gasteiger charge is -2.12. The maximum absolute atomic E-state index is 14.6. The molecule has 0 fully saturated rings. The van der Waals surface area contributed by atoms with E-state index in [2.05, 4.69) is 20.3 Å². The van der Waals surface area contributed by atoms with Crippen LogP contribution in [-0.4, -0.2) is 33.2 Å². The van der Waals surface area contributed by atoms with E-state index in [0.29, 0.717) is 30.2 Å². The van der Waals surface area contributed by atoms with Gasteiger partial charge in [-0.25, -0.2) is 14.4 Å². The van der Waals surface area contributed by atoms with Gasteiger partial charge in [-0.1, -0.05) is 35.6 Å². The predicted molar refractivity (Wildman–Crippen MR) is 133 cm³/mol. The summed E-state index contributed by atoms with van der Waals surface area (Å²) in [5.74, 6) is 1.06. The number of ether oxygens (including phenoxy) is 1. The van der Waals surface area contributed by atoms with Gasteiger partial charge in [0.15, 0.2) is 0 Å². The van der Waals surface area contributed by atoms with E-state index in [0.717, 1.165) is 44.9 Å². The van der Waals surface area contributed by atoms with Crippen LogP contribution in [0.4, 0.5) is 10.2 Å². The van der Waals surface area contributed by atoms with Gasteiger partial charge in [0.25, 0.3) is 0 Å². The molecule has 34 heavy (non-hydrogen) atoms. The highest BCUT2D eigenvalue weighted by Gasteiger charge is 2.14. The molecule has 0 unspecified atom stereocenters. The Bertz CT molecular complexity index is 1520. The summed E-state index contributed by atoms with van der Waals surface area (Å²) in [6, 6.07) is 14.7. The predicted octanol–water partition coefficient (Wildman–Crippen LogP) is 5.08. The van der Waals surface area contributed by atoms with Crippen LogP contribution in [-0.2, 0) is 6.54 Å². The number of halogens is 1. The molecular weight excluding hydrogens is 453 g/mol. The van der Waals surface area contributed by atoms with Crippen molar-refractivity contribution in [3.8, 4) is 28.3 Å². The zero-order chi connectivity index (χ0) is 23.7. The first-order chi connectivity index (χ1) is 16.5. The van der Waals surface area contributed by atoms with Crippen LogP contribution in [0.2, 0.25) is 0 Å². The van der Waals surface area contributed by atoms with Crippen LogP contribution in [0.1, 0.15) is 5.69 Å². The first-order valence-electron chi connectivity index (χ1n) is 10.7. The molecule has 3 heterocycles. The van der Waals surface area contributed by atoms with E-state index < -0.39 is 0 Å². The Labute approximate surface area is 198 Å². The number of aryl methyl sites for hydroxylation is 1. The van der Waals surface area contributed by atoms with Crippen molar-refractivity contribution in [3.63, 3.8) is 0 Å². The molecule has 0 aliphatic carbocycles. The Morgan fingerprint density at radius 3 is 2.65 bits per heavy atom. The van der Waals surface area contributed by atoms with E-state index in [1.807, 2.05) is 53.3 Å². The second-order valence-corrected chi connectivity index (χ2v) is 8.65. The molecule has 0 spiro atoms. The number of thiazole rings is 1. The van der Waals surface area contributed by atoms with Gasteiger partial charge in [0.1, 0.15) is 23.7 Å². The second kappa shape index (κ2) is 9.11. The van der Waals surface area contributed by atoms with Crippen LogP contribution in [0.15, 0.2) is 65.0 Å². The number of aromatic nitrogens is 4. The number of hydrogen-bond donors (Lipinski definition) is 2. The molecule has 0 saturated carbocycles. The first kappa shape index (κ1) is 21.8. The molecule has 2 aromatic carbocycles. The summed E-state index contributed by atoms with van der Waals surface area (Å²) >= 11 is 1.14. The average Bonchev–Trinajstić information content (AvgIpc) is 3.43. The van der Waals surface area contributed by atoms with Crippen molar-refractivity contribution in [3.05, 3.63) is 81.4 Å². The average molecular weight is 476 g/mol. The van der Waals surface area contributed by atoms with Crippen LogP contribution in [0.5, 0.6) is 5.75 Å². The fourth-order valence-electron chi connectivity index (χ4n) is 4.06. The Hall–Kier alpha value is -3.98. The zero-order valence-corrected chi connectivity index (χ0v) is 19.4. The first-order valence-corrected chi connectivity index (χ1v) is 11.6. The number of hydrogen-bond acceptors (Lipinski definition) is 6. The van der Waals surface area contributed by atoms with Gasteiger partial charge in [-0.2, -0.15) is 0 Å². The van der Waals surface area contributed by atoms with Crippen LogP contribution in [0.3, 0.4) is 0 Å². The Balaban J connectivity index is 1.31. The van der Waals surface area contributed by atoms with Crippen LogP contribution in [0, 0.1) is 12.7 Å². The molecule has 0 bridgehead atoms. The molecule has 3 aromatic heterocycles. The number of anilines is 1. The summed E-state index contributed by atoms with van der Waals surface area (Å²) in [5.41, 5.74) is 4.94. The van der Waals surface area contributed by atoms with Gasteiger partial charge in [0.2, 0.25) is 0 Å². The summed E-state index contributed by atoms with van der Waals surface area (Å²) in [6.07, 6.45) is 1.52. The summed E-state index contributed by atoms with van der Waals surface area (Å²) in [6.45, 7) is 3.07. The summed E-state index contributed by atoms with van der Waals surface area (Å²) in [7, 11) is 1.59. The minimum absolute atomic E-state index is 0.0735. The van der Waals surface area contributed by atoms with E-state index in [4.69, 9.17) is 4.74 Å². The van der Waals surface area contributed by atoms with Crippen molar-refractivity contribution in [1.82, 2.24) is 19.5 Å². The molecule has 0 saturated heterocycles. The molecule has 5 aromatic rings. The van der Waals surface area contributed by atoms with Gasteiger partial charge < -0.3 is 19.6 Å². The van der Waals surface area contributed by atoms with Crippen molar-refractivity contribution in [2.24, 2.45) is 0 Å². The largest absolute Gasteiger partial charge is 0.496 e. The molecule has 0 amide bonds. The minimum Gasteiger partial charge on any atom is -0.496 e. The third-order valence-electron chi connectivity index (χ3n) is 5.72. The monoisotopic (exact) mass is 475 g/mol. The van der Waals surface area contributed by atoms with Crippen molar-refractivity contribution >= 4 is 28.1 Å². The van der Waals surface area contributed by atoms with Crippen molar-refractivity contribution in [2.75, 3.05) is 19.0 Å². The van der Waals surface area contributed by atoms with Gasteiger partial charge in [-0.3, -0.25) is 4.79 Å². The number of methoxy groups -OCH3 is 1. The third-order valence-corrected chi connectivity index (χ3v) is 6.39. The Morgan fingerprint density at radius 1 is 1.12 bits per heavy atom. The Morgan fingerprint density at radius 2 is 1.91 bits per heavy atom. The lowest BCUT2D eigenvalue weighted by Crippen LogP contribution is -2.13. The zero-order valence-electron chi connectivity index (χ0n) is 18.6. The molecular formula is C25H22FN5O2S. The quantitative estimate of drug-likeness (QED) is 0.343. The maximum atomic E-state index is 14.6. The van der Waals surface area contributed by atoms with Gasteiger partial charge in [-0.15, -0.1) is 0 Å². The third kappa shape index (κ3) is 4.17. The van der Waals surface area contributed by atoms with Gasteiger partial charge in [0, 0.05) is 41.2 Å². The number of nitrogens with one attached hydrogen (secondary N) is 2. The maximum Gasteiger partial charge on any atom is 0.304 e. The van der Waals surface area contributed by atoms with Gasteiger partial charge in [0.05, 0.1) is 24.0 Å². The SMILES string of the molecule is COc1ccc(F)c2c1cc(C)n2CCNc1cc(-c2ccc(-c3csc(=O)[nH]3)cc2)ncn1. The molecule has 7 nitrogen and oxygen atoms in total. The van der Waals surface area contributed by atoms with E-state index in [1.54, 1.807) is 13.2 Å². The number of rotatable bonds is 7. The molecule has 172 valence electrons. The molecule has 5 rings (SSSR count). The number of H-pyrrole nitrogens is 1. The molecule has 0 aliphatic heterocycles. The number of nitrogens with zero attached hydrogens (tertiary/aromatic N) is 3. The van der Waals surface area contributed by atoms with Crippen molar-refractivity contribution in [2.45, 2.75) is 13.5 Å². The summed E-state index contributed by atoms with van der Waals surface area (Å²) < 4.78 is 21.9. The molecule has 0 atom stereocenters. The van der Waals surface area contributed by atoms with Gasteiger partial charge in [-0.05, 0) is 30.7 Å². The minimum atomic E-state index is -0.275. The topological polar surface area (TPSA) is 84.8 Å². The van der Waals surface area contributed by atoms with Crippen molar-refractivity contribution in [1.29, 1.82) is 0 Å². The van der Waals surface area contributed by atoms with Gasteiger partial charge >= 0.3 is 4.87 Å². The Kier molecular flexibility index (Phi) is 5.85. The van der Waals surface area contributed by atoms with E-state index in [1.165, 1.54) is 12.4 Å². The van der Waals surface area contributed by atoms with E-state index in [9.17, 15) is 9.18 Å². The highest BCUT2D eigenvalue weighted by atomic mass is 32.1. The molecule has 9 heteroatoms. The van der Waals surface area contributed by atoms with E-state index in [-0.39, 0.29) is 10.7 Å². The van der Waals surface area contributed by atoms with E-state index >= 15 is 0 Å². The fraction of sp³-hybridized carbons (Fsp3) is 0.160. The summed E-state index contributed by atoms with van der Waals surface area (Å²) in [4.78, 5) is 22.8. The number of aromatic amines is 1. The van der Waals surface area contributed by atoms with Crippen LogP contribution < -0.4 is 14.9 Å². The smallest absolute Gasteiger partial charge is 0.304 e. The molecule has 0 radical (unpaired) electrons. The highest BCUT2D eigenvalue weighted by molar-refractivity contribution is 7.07. The second-order valence-electron chi connectivity index (χ2n) is 7.80. The number of fused-ring (bicyclic) bond motifs is 1. The van der Waals surface area contributed by atoms with Crippen LogP contribution in [0.25, 0.3) is 33.4 Å². The highest BCUT2D eigenvalue weighted by Crippen LogP contribution is 2.31. The fourth-order valence-corrected chi connectivity index (χ4v) is 4.64. The normalized spacial score (nSPS) is 11.1.